The molecule has 1 heterocycles. The van der Waals surface area contributed by atoms with Crippen LogP contribution in [0.25, 0.3) is 0 Å². The van der Waals surface area contributed by atoms with Crippen LogP contribution in [0.2, 0.25) is 0 Å². The Labute approximate surface area is 98.5 Å². The average Bonchev–Trinajstić information content (AvgIpc) is 2.29. The molecule has 1 rings (SSSR count). The van der Waals surface area contributed by atoms with Gasteiger partial charge >= 0.3 is 0 Å². The van der Waals surface area contributed by atoms with Crippen LogP contribution in [0.15, 0.2) is 5.16 Å². The number of nitrogens with zero attached hydrogens (tertiary/aromatic N) is 2. The van der Waals surface area contributed by atoms with E-state index in [0.717, 1.165) is 31.8 Å². The van der Waals surface area contributed by atoms with Crippen molar-refractivity contribution in [3.05, 3.63) is 0 Å². The molecule has 1 fully saturated rings. The van der Waals surface area contributed by atoms with Gasteiger partial charge in [0.25, 0.3) is 0 Å². The molecule has 1 aliphatic heterocycles. The first-order chi connectivity index (χ1) is 7.67. The Morgan fingerprint density at radius 1 is 1.50 bits per heavy atom. The number of hydrogen-bond donors (Lipinski definition) is 2. The van der Waals surface area contributed by atoms with Crippen molar-refractivity contribution in [1.82, 2.24) is 4.90 Å². The maximum atomic E-state index is 8.62. The zero-order valence-electron chi connectivity index (χ0n) is 10.5. The maximum Gasteiger partial charge on any atom is 0.142 e. The summed E-state index contributed by atoms with van der Waals surface area (Å²) in [4.78, 5) is 2.50. The van der Waals surface area contributed by atoms with Crippen LogP contribution in [0.5, 0.6) is 0 Å². The molecular weight excluding hydrogens is 202 g/mol. The van der Waals surface area contributed by atoms with E-state index in [1.165, 1.54) is 19.4 Å². The standard InChI is InChI=1S/C12H25N3O/c1-3-4-10(2)9-15-7-5-11(6-8-15)12(13)14-16/h10-11,16H,3-9H2,1-2H3,(H2,13,14). The molecule has 1 aliphatic rings. The summed E-state index contributed by atoms with van der Waals surface area (Å²) in [7, 11) is 0. The van der Waals surface area contributed by atoms with Crippen molar-refractivity contribution in [3.8, 4) is 0 Å². The smallest absolute Gasteiger partial charge is 0.142 e. The van der Waals surface area contributed by atoms with Gasteiger partial charge in [-0.15, -0.1) is 0 Å². The number of nitrogens with two attached hydrogens (primary N) is 1. The third kappa shape index (κ3) is 4.00. The van der Waals surface area contributed by atoms with E-state index in [1.807, 2.05) is 0 Å². The number of piperidine rings is 1. The lowest BCUT2D eigenvalue weighted by Crippen LogP contribution is -2.40. The Hall–Kier alpha value is -0.770. The highest BCUT2D eigenvalue weighted by Crippen LogP contribution is 2.19. The molecule has 0 saturated carbocycles. The van der Waals surface area contributed by atoms with Gasteiger partial charge in [-0.3, -0.25) is 0 Å². The summed E-state index contributed by atoms with van der Waals surface area (Å²) in [5.74, 6) is 1.47. The summed E-state index contributed by atoms with van der Waals surface area (Å²) < 4.78 is 0. The normalized spacial score (nSPS) is 22.2. The fourth-order valence-electron chi connectivity index (χ4n) is 2.52. The van der Waals surface area contributed by atoms with E-state index in [-0.39, 0.29) is 5.92 Å². The molecule has 1 saturated heterocycles. The predicted octanol–water partition coefficient (Wildman–Crippen LogP) is 1.88. The third-order valence-corrected chi connectivity index (χ3v) is 3.47. The first kappa shape index (κ1) is 13.3. The highest BCUT2D eigenvalue weighted by molar-refractivity contribution is 5.82. The zero-order chi connectivity index (χ0) is 12.0. The molecule has 0 radical (unpaired) electrons. The summed E-state index contributed by atoms with van der Waals surface area (Å²) in [6.07, 6.45) is 4.62. The molecule has 0 bridgehead atoms. The number of hydrogen-bond acceptors (Lipinski definition) is 3. The lowest BCUT2D eigenvalue weighted by atomic mass is 9.94. The quantitative estimate of drug-likeness (QED) is 0.326. The van der Waals surface area contributed by atoms with Crippen LogP contribution < -0.4 is 5.73 Å². The average molecular weight is 227 g/mol. The van der Waals surface area contributed by atoms with Gasteiger partial charge in [-0.2, -0.15) is 0 Å². The predicted molar refractivity (Wildman–Crippen MR) is 66.6 cm³/mol. The second-order valence-electron chi connectivity index (χ2n) is 4.99. The molecule has 1 unspecified atom stereocenters. The summed E-state index contributed by atoms with van der Waals surface area (Å²) in [6.45, 7) is 7.90. The van der Waals surface area contributed by atoms with Crippen molar-refractivity contribution in [2.75, 3.05) is 19.6 Å². The van der Waals surface area contributed by atoms with Crippen LogP contribution in [-0.2, 0) is 0 Å². The highest BCUT2D eigenvalue weighted by atomic mass is 16.4. The number of amidine groups is 1. The molecule has 16 heavy (non-hydrogen) atoms. The SMILES string of the molecule is CCCC(C)CN1CCC(C(N)=NO)CC1. The van der Waals surface area contributed by atoms with E-state index in [0.29, 0.717) is 5.84 Å². The molecule has 1 atom stereocenters. The van der Waals surface area contributed by atoms with E-state index in [9.17, 15) is 0 Å². The Bertz CT molecular complexity index is 222. The first-order valence-corrected chi connectivity index (χ1v) is 6.37. The molecule has 3 N–H and O–H groups in total. The van der Waals surface area contributed by atoms with Crippen LogP contribution in [0, 0.1) is 11.8 Å². The van der Waals surface area contributed by atoms with Gasteiger partial charge in [0.2, 0.25) is 0 Å². The Morgan fingerprint density at radius 3 is 2.62 bits per heavy atom. The molecule has 94 valence electrons. The first-order valence-electron chi connectivity index (χ1n) is 6.37. The van der Waals surface area contributed by atoms with Gasteiger partial charge < -0.3 is 15.8 Å². The van der Waals surface area contributed by atoms with Gasteiger partial charge in [0, 0.05) is 12.5 Å². The van der Waals surface area contributed by atoms with Crippen LogP contribution in [-0.4, -0.2) is 35.6 Å². The lowest BCUT2D eigenvalue weighted by Gasteiger charge is -2.32. The van der Waals surface area contributed by atoms with Crippen LogP contribution in [0.4, 0.5) is 0 Å². The van der Waals surface area contributed by atoms with Crippen molar-refractivity contribution in [1.29, 1.82) is 0 Å². The topological polar surface area (TPSA) is 61.8 Å². The summed E-state index contributed by atoms with van der Waals surface area (Å²) >= 11 is 0. The lowest BCUT2D eigenvalue weighted by molar-refractivity contribution is 0.179. The Morgan fingerprint density at radius 2 is 2.12 bits per heavy atom. The number of oxime groups is 1. The van der Waals surface area contributed by atoms with E-state index < -0.39 is 0 Å². The Balaban J connectivity index is 2.26. The van der Waals surface area contributed by atoms with Crippen LogP contribution in [0.1, 0.15) is 39.5 Å². The van der Waals surface area contributed by atoms with Gasteiger partial charge in [0.05, 0.1) is 0 Å². The monoisotopic (exact) mass is 227 g/mol. The van der Waals surface area contributed by atoms with Crippen molar-refractivity contribution in [2.24, 2.45) is 22.7 Å². The van der Waals surface area contributed by atoms with Crippen molar-refractivity contribution >= 4 is 5.84 Å². The summed E-state index contributed by atoms with van der Waals surface area (Å²) in [5.41, 5.74) is 5.62. The third-order valence-electron chi connectivity index (χ3n) is 3.47. The second-order valence-corrected chi connectivity index (χ2v) is 4.99. The molecule has 0 aromatic rings. The summed E-state index contributed by atoms with van der Waals surface area (Å²) in [6, 6.07) is 0. The minimum absolute atomic E-state index is 0.280. The second kappa shape index (κ2) is 6.74. The van der Waals surface area contributed by atoms with Gasteiger partial charge in [0.1, 0.15) is 5.84 Å². The largest absolute Gasteiger partial charge is 0.409 e. The van der Waals surface area contributed by atoms with E-state index in [1.54, 1.807) is 0 Å². The van der Waals surface area contributed by atoms with Crippen molar-refractivity contribution in [3.63, 3.8) is 0 Å². The minimum atomic E-state index is 0.280. The molecular formula is C12H25N3O. The molecule has 0 aliphatic carbocycles. The van der Waals surface area contributed by atoms with Gasteiger partial charge in [-0.05, 0) is 38.3 Å². The summed E-state index contributed by atoms with van der Waals surface area (Å²) in [5, 5.41) is 11.7. The highest BCUT2D eigenvalue weighted by Gasteiger charge is 2.22. The number of likely N-dealkylation sites (tertiary alicyclic amines) is 1. The molecule has 4 nitrogen and oxygen atoms in total. The van der Waals surface area contributed by atoms with Crippen molar-refractivity contribution in [2.45, 2.75) is 39.5 Å². The van der Waals surface area contributed by atoms with E-state index >= 15 is 0 Å². The minimum Gasteiger partial charge on any atom is -0.409 e. The fourth-order valence-corrected chi connectivity index (χ4v) is 2.52. The molecule has 0 aromatic carbocycles. The number of rotatable bonds is 5. The Kier molecular flexibility index (Phi) is 5.60. The van der Waals surface area contributed by atoms with Gasteiger partial charge in [-0.25, -0.2) is 0 Å². The molecule has 0 spiro atoms. The fraction of sp³-hybridized carbons (Fsp3) is 0.917. The van der Waals surface area contributed by atoms with Gasteiger partial charge in [0.15, 0.2) is 0 Å². The van der Waals surface area contributed by atoms with E-state index in [4.69, 9.17) is 10.9 Å². The van der Waals surface area contributed by atoms with Crippen LogP contribution >= 0.6 is 0 Å². The zero-order valence-corrected chi connectivity index (χ0v) is 10.5. The van der Waals surface area contributed by atoms with Gasteiger partial charge in [-0.1, -0.05) is 25.4 Å². The van der Waals surface area contributed by atoms with Crippen LogP contribution in [0.3, 0.4) is 0 Å². The van der Waals surface area contributed by atoms with E-state index in [2.05, 4.69) is 23.9 Å². The van der Waals surface area contributed by atoms with Crippen molar-refractivity contribution < 1.29 is 5.21 Å². The molecule has 0 amide bonds. The maximum absolute atomic E-state index is 8.62. The molecule has 4 heteroatoms. The molecule has 0 aromatic heterocycles.